The highest BCUT2D eigenvalue weighted by Gasteiger charge is 2.21. The van der Waals surface area contributed by atoms with Crippen molar-refractivity contribution >= 4 is 35.1 Å². The van der Waals surface area contributed by atoms with Crippen molar-refractivity contribution in [1.82, 2.24) is 5.32 Å². The Morgan fingerprint density at radius 3 is 2.29 bits per heavy atom. The smallest absolute Gasteiger partial charge is 0.326 e. The standard InChI is InChI=1S/C16H21Cl2NO5/c1-16(2,3)24-5-4-13(15(21)22)19-14(20)9-23-12-7-10(17)6-11(18)8-12/h6-8,13H,4-5,9H2,1-3H3,(H,19,20)(H,21,22). The molecule has 1 atom stereocenters. The second-order valence-electron chi connectivity index (χ2n) is 6.10. The second-order valence-corrected chi connectivity index (χ2v) is 6.97. The van der Waals surface area contributed by atoms with Crippen molar-refractivity contribution in [1.29, 1.82) is 0 Å². The molecule has 2 N–H and O–H groups in total. The number of aliphatic carboxylic acids is 1. The molecule has 0 spiro atoms. The summed E-state index contributed by atoms with van der Waals surface area (Å²) in [5.41, 5.74) is -0.373. The quantitative estimate of drug-likeness (QED) is 0.726. The van der Waals surface area contributed by atoms with Crippen molar-refractivity contribution in [3.05, 3.63) is 28.2 Å². The number of rotatable bonds is 8. The molecule has 0 saturated heterocycles. The van der Waals surface area contributed by atoms with Gasteiger partial charge in [-0.3, -0.25) is 4.79 Å². The number of hydrogen-bond donors (Lipinski definition) is 2. The number of carbonyl (C=O) groups is 2. The van der Waals surface area contributed by atoms with Crippen LogP contribution in [0.25, 0.3) is 0 Å². The molecule has 0 fully saturated rings. The maximum absolute atomic E-state index is 11.9. The zero-order valence-corrected chi connectivity index (χ0v) is 15.3. The number of nitrogens with one attached hydrogen (secondary N) is 1. The number of hydrogen-bond acceptors (Lipinski definition) is 4. The second kappa shape index (κ2) is 9.11. The zero-order chi connectivity index (χ0) is 18.3. The number of carboxylic acids is 1. The van der Waals surface area contributed by atoms with E-state index >= 15 is 0 Å². The maximum atomic E-state index is 11.9. The molecule has 0 aliphatic heterocycles. The van der Waals surface area contributed by atoms with Gasteiger partial charge in [0.2, 0.25) is 0 Å². The lowest BCUT2D eigenvalue weighted by atomic mass is 10.2. The van der Waals surface area contributed by atoms with E-state index in [4.69, 9.17) is 37.8 Å². The van der Waals surface area contributed by atoms with Crippen molar-refractivity contribution < 1.29 is 24.2 Å². The SMILES string of the molecule is CC(C)(C)OCCC(NC(=O)COc1cc(Cl)cc(Cl)c1)C(=O)O. The Hall–Kier alpha value is -1.50. The third kappa shape index (κ3) is 8.38. The van der Waals surface area contributed by atoms with Crippen molar-refractivity contribution in [2.75, 3.05) is 13.2 Å². The van der Waals surface area contributed by atoms with Gasteiger partial charge in [-0.25, -0.2) is 4.79 Å². The van der Waals surface area contributed by atoms with Gasteiger partial charge in [0.15, 0.2) is 6.61 Å². The molecule has 0 heterocycles. The van der Waals surface area contributed by atoms with Crippen LogP contribution in [-0.2, 0) is 14.3 Å². The van der Waals surface area contributed by atoms with E-state index in [1.165, 1.54) is 18.2 Å². The van der Waals surface area contributed by atoms with E-state index in [-0.39, 0.29) is 25.2 Å². The van der Waals surface area contributed by atoms with Gasteiger partial charge < -0.3 is 19.9 Å². The molecule has 0 aliphatic carbocycles. The van der Waals surface area contributed by atoms with Crippen molar-refractivity contribution in [2.45, 2.75) is 38.8 Å². The highest BCUT2D eigenvalue weighted by atomic mass is 35.5. The third-order valence-electron chi connectivity index (χ3n) is 2.78. The fourth-order valence-electron chi connectivity index (χ4n) is 1.74. The minimum Gasteiger partial charge on any atom is -0.484 e. The fraction of sp³-hybridized carbons (Fsp3) is 0.500. The van der Waals surface area contributed by atoms with Gasteiger partial charge in [0.05, 0.1) is 5.60 Å². The average molecular weight is 378 g/mol. The Morgan fingerprint density at radius 1 is 1.21 bits per heavy atom. The van der Waals surface area contributed by atoms with Crippen LogP contribution < -0.4 is 10.1 Å². The molecule has 6 nitrogen and oxygen atoms in total. The van der Waals surface area contributed by atoms with Crippen LogP contribution in [0.5, 0.6) is 5.75 Å². The minimum absolute atomic E-state index is 0.154. The molecular formula is C16H21Cl2NO5. The number of carbonyl (C=O) groups excluding carboxylic acids is 1. The van der Waals surface area contributed by atoms with Gasteiger partial charge in [-0.15, -0.1) is 0 Å². The molecule has 0 saturated carbocycles. The predicted octanol–water partition coefficient (Wildman–Crippen LogP) is 3.15. The number of ether oxygens (including phenoxy) is 2. The predicted molar refractivity (Wildman–Crippen MR) is 91.8 cm³/mol. The first-order chi connectivity index (χ1) is 11.1. The maximum Gasteiger partial charge on any atom is 0.326 e. The van der Waals surface area contributed by atoms with E-state index in [2.05, 4.69) is 5.32 Å². The fourth-order valence-corrected chi connectivity index (χ4v) is 2.24. The van der Waals surface area contributed by atoms with Crippen LogP contribution in [0.1, 0.15) is 27.2 Å². The van der Waals surface area contributed by atoms with Crippen molar-refractivity contribution in [3.63, 3.8) is 0 Å². The summed E-state index contributed by atoms with van der Waals surface area (Å²) in [5.74, 6) is -1.37. The molecule has 1 amide bonds. The molecule has 8 heteroatoms. The number of amides is 1. The number of benzene rings is 1. The van der Waals surface area contributed by atoms with Gasteiger partial charge in [-0.1, -0.05) is 23.2 Å². The minimum atomic E-state index is -1.13. The van der Waals surface area contributed by atoms with Crippen LogP contribution in [0, 0.1) is 0 Å². The van der Waals surface area contributed by atoms with Crippen LogP contribution in [0.2, 0.25) is 10.0 Å². The van der Waals surface area contributed by atoms with E-state index in [0.29, 0.717) is 15.8 Å². The first-order valence-corrected chi connectivity index (χ1v) is 8.07. The Morgan fingerprint density at radius 2 is 1.79 bits per heavy atom. The summed E-state index contributed by atoms with van der Waals surface area (Å²) in [7, 11) is 0. The van der Waals surface area contributed by atoms with E-state index in [1.54, 1.807) is 0 Å². The summed E-state index contributed by atoms with van der Waals surface area (Å²) in [5, 5.41) is 12.3. The Bertz CT molecular complexity index is 566. The molecule has 0 bridgehead atoms. The average Bonchev–Trinajstić information content (AvgIpc) is 2.41. The molecule has 1 rings (SSSR count). The Labute approximate surface area is 151 Å². The number of carboxylic acid groups (broad SMARTS) is 1. The molecule has 134 valence electrons. The first kappa shape index (κ1) is 20.5. The molecular weight excluding hydrogens is 357 g/mol. The summed E-state index contributed by atoms with van der Waals surface area (Å²) in [6.45, 7) is 5.47. The molecule has 1 aromatic rings. The Balaban J connectivity index is 2.48. The normalized spacial score (nSPS) is 12.5. The lowest BCUT2D eigenvalue weighted by Gasteiger charge is -2.21. The Kier molecular flexibility index (Phi) is 7.79. The highest BCUT2D eigenvalue weighted by molar-refractivity contribution is 6.34. The summed E-state index contributed by atoms with van der Waals surface area (Å²) in [6, 6.07) is 3.50. The van der Waals surface area contributed by atoms with Crippen LogP contribution >= 0.6 is 23.2 Å². The van der Waals surface area contributed by atoms with E-state index < -0.39 is 17.9 Å². The van der Waals surface area contributed by atoms with Gasteiger partial charge in [0.25, 0.3) is 5.91 Å². The van der Waals surface area contributed by atoms with Crippen LogP contribution in [-0.4, -0.2) is 41.8 Å². The van der Waals surface area contributed by atoms with Crippen molar-refractivity contribution in [2.24, 2.45) is 0 Å². The third-order valence-corrected chi connectivity index (χ3v) is 3.22. The highest BCUT2D eigenvalue weighted by Crippen LogP contribution is 2.24. The first-order valence-electron chi connectivity index (χ1n) is 7.32. The lowest BCUT2D eigenvalue weighted by molar-refractivity contribution is -0.143. The lowest BCUT2D eigenvalue weighted by Crippen LogP contribution is -2.44. The molecule has 0 aliphatic rings. The molecule has 1 unspecified atom stereocenters. The van der Waals surface area contributed by atoms with Gasteiger partial charge in [0.1, 0.15) is 11.8 Å². The van der Waals surface area contributed by atoms with Gasteiger partial charge >= 0.3 is 5.97 Å². The molecule has 1 aromatic carbocycles. The molecule has 24 heavy (non-hydrogen) atoms. The monoisotopic (exact) mass is 377 g/mol. The summed E-state index contributed by atoms with van der Waals surface area (Å²) in [4.78, 5) is 23.1. The van der Waals surface area contributed by atoms with Gasteiger partial charge in [0, 0.05) is 23.1 Å². The van der Waals surface area contributed by atoms with Crippen LogP contribution in [0.15, 0.2) is 18.2 Å². The van der Waals surface area contributed by atoms with E-state index in [9.17, 15) is 9.59 Å². The zero-order valence-electron chi connectivity index (χ0n) is 13.8. The largest absolute Gasteiger partial charge is 0.484 e. The topological polar surface area (TPSA) is 84.9 Å². The summed E-state index contributed by atoms with van der Waals surface area (Å²) >= 11 is 11.7. The van der Waals surface area contributed by atoms with Gasteiger partial charge in [-0.2, -0.15) is 0 Å². The summed E-state index contributed by atoms with van der Waals surface area (Å²) in [6.07, 6.45) is 0.154. The van der Waals surface area contributed by atoms with E-state index in [1.807, 2.05) is 20.8 Å². The number of halogens is 2. The van der Waals surface area contributed by atoms with E-state index in [0.717, 1.165) is 0 Å². The van der Waals surface area contributed by atoms with Gasteiger partial charge in [-0.05, 0) is 39.0 Å². The molecule has 0 aromatic heterocycles. The van der Waals surface area contributed by atoms with Crippen LogP contribution in [0.4, 0.5) is 0 Å². The summed E-state index contributed by atoms with van der Waals surface area (Å²) < 4.78 is 10.7. The molecule has 0 radical (unpaired) electrons. The van der Waals surface area contributed by atoms with Crippen molar-refractivity contribution in [3.8, 4) is 5.75 Å². The van der Waals surface area contributed by atoms with Crippen LogP contribution in [0.3, 0.4) is 0 Å².